The Morgan fingerprint density at radius 2 is 1.49 bits per heavy atom. The number of amides is 2. The van der Waals surface area contributed by atoms with E-state index in [4.69, 9.17) is 23.2 Å². The minimum absolute atomic E-state index is 0.138. The van der Waals surface area contributed by atoms with Gasteiger partial charge in [-0.3, -0.25) is 9.59 Å². The standard InChI is InChI=1S/C28H30Cl2N2O2S/c1-20(2)17-31-28(34)26(16-21-10-5-3-6-11-21)32(18-23-24(29)14-9-15-25(23)30)27(33)19-35-22-12-7-4-8-13-22/h3-15,20,26H,16-19H2,1-2H3,(H,31,34)/t26-/m0/s1. The Morgan fingerprint density at radius 3 is 2.09 bits per heavy atom. The average Bonchev–Trinajstić information content (AvgIpc) is 2.86. The van der Waals surface area contributed by atoms with E-state index >= 15 is 0 Å². The first-order valence-electron chi connectivity index (χ1n) is 11.6. The van der Waals surface area contributed by atoms with Crippen LogP contribution in [0.25, 0.3) is 0 Å². The largest absolute Gasteiger partial charge is 0.354 e. The lowest BCUT2D eigenvalue weighted by molar-refractivity contribution is -0.139. The molecule has 0 aromatic heterocycles. The van der Waals surface area contributed by atoms with Crippen LogP contribution in [0.2, 0.25) is 10.0 Å². The summed E-state index contributed by atoms with van der Waals surface area (Å²) >= 11 is 14.4. The fourth-order valence-corrected chi connectivity index (χ4v) is 4.90. The van der Waals surface area contributed by atoms with Crippen molar-refractivity contribution in [1.82, 2.24) is 10.2 Å². The molecule has 1 atom stereocenters. The van der Waals surface area contributed by atoms with Crippen LogP contribution in [0.3, 0.4) is 0 Å². The summed E-state index contributed by atoms with van der Waals surface area (Å²) < 4.78 is 0. The number of nitrogens with zero attached hydrogens (tertiary/aromatic N) is 1. The van der Waals surface area contributed by atoms with Crippen LogP contribution in [-0.4, -0.2) is 35.1 Å². The van der Waals surface area contributed by atoms with Gasteiger partial charge in [0.05, 0.1) is 5.75 Å². The second-order valence-corrected chi connectivity index (χ2v) is 10.5. The molecule has 1 N–H and O–H groups in total. The molecule has 0 aliphatic carbocycles. The molecule has 0 fully saturated rings. The lowest BCUT2D eigenvalue weighted by atomic mass is 10.0. The summed E-state index contributed by atoms with van der Waals surface area (Å²) in [5.74, 6) is 0.126. The first kappa shape index (κ1) is 27.1. The molecule has 0 bridgehead atoms. The summed E-state index contributed by atoms with van der Waals surface area (Å²) in [5.41, 5.74) is 1.60. The smallest absolute Gasteiger partial charge is 0.243 e. The Bertz CT molecular complexity index is 1090. The summed E-state index contributed by atoms with van der Waals surface area (Å²) in [5, 5.41) is 3.95. The van der Waals surface area contributed by atoms with Crippen LogP contribution in [0, 0.1) is 5.92 Å². The normalized spacial score (nSPS) is 11.8. The Balaban J connectivity index is 1.94. The molecule has 3 aromatic carbocycles. The maximum absolute atomic E-state index is 13.7. The van der Waals surface area contributed by atoms with E-state index in [1.807, 2.05) is 74.5 Å². The maximum atomic E-state index is 13.7. The molecule has 184 valence electrons. The number of benzene rings is 3. The molecule has 3 aromatic rings. The minimum atomic E-state index is -0.715. The zero-order valence-corrected chi connectivity index (χ0v) is 22.2. The van der Waals surface area contributed by atoms with Gasteiger partial charge in [-0.25, -0.2) is 0 Å². The molecule has 3 rings (SSSR count). The van der Waals surface area contributed by atoms with Gasteiger partial charge in [-0.15, -0.1) is 11.8 Å². The quantitative estimate of drug-likeness (QED) is 0.289. The van der Waals surface area contributed by atoms with E-state index in [9.17, 15) is 9.59 Å². The van der Waals surface area contributed by atoms with Crippen LogP contribution in [0.5, 0.6) is 0 Å². The molecular weight excluding hydrogens is 499 g/mol. The molecule has 0 aliphatic rings. The van der Waals surface area contributed by atoms with Gasteiger partial charge in [0.25, 0.3) is 0 Å². The number of carbonyl (C=O) groups is 2. The van der Waals surface area contributed by atoms with Crippen molar-refractivity contribution < 1.29 is 9.59 Å². The van der Waals surface area contributed by atoms with Gasteiger partial charge >= 0.3 is 0 Å². The summed E-state index contributed by atoms with van der Waals surface area (Å²) in [7, 11) is 0. The lowest BCUT2D eigenvalue weighted by Gasteiger charge is -2.32. The van der Waals surface area contributed by atoms with Crippen LogP contribution in [0.15, 0.2) is 83.8 Å². The van der Waals surface area contributed by atoms with Crippen molar-refractivity contribution in [2.75, 3.05) is 12.3 Å². The Hall–Kier alpha value is -2.47. The summed E-state index contributed by atoms with van der Waals surface area (Å²) in [6.45, 7) is 4.74. The summed E-state index contributed by atoms with van der Waals surface area (Å²) in [6, 6.07) is 24.0. The molecule has 35 heavy (non-hydrogen) atoms. The third-order valence-corrected chi connectivity index (χ3v) is 7.16. The van der Waals surface area contributed by atoms with Gasteiger partial charge in [0.1, 0.15) is 6.04 Å². The van der Waals surface area contributed by atoms with Gasteiger partial charge in [-0.2, -0.15) is 0 Å². The molecule has 0 aliphatic heterocycles. The van der Waals surface area contributed by atoms with E-state index in [0.29, 0.717) is 28.6 Å². The second-order valence-electron chi connectivity index (χ2n) is 8.67. The van der Waals surface area contributed by atoms with Crippen molar-refractivity contribution in [3.05, 3.63) is 100 Å². The third-order valence-electron chi connectivity index (χ3n) is 5.45. The highest BCUT2D eigenvalue weighted by molar-refractivity contribution is 8.00. The molecule has 4 nitrogen and oxygen atoms in total. The van der Waals surface area contributed by atoms with Crippen molar-refractivity contribution in [3.8, 4) is 0 Å². The lowest BCUT2D eigenvalue weighted by Crippen LogP contribution is -2.51. The fourth-order valence-electron chi connectivity index (χ4n) is 3.57. The monoisotopic (exact) mass is 528 g/mol. The first-order chi connectivity index (χ1) is 16.8. The molecule has 7 heteroatoms. The van der Waals surface area contributed by atoms with Crippen LogP contribution in [-0.2, 0) is 22.6 Å². The molecule has 0 saturated heterocycles. The van der Waals surface area contributed by atoms with Crippen molar-refractivity contribution >= 4 is 46.8 Å². The highest BCUT2D eigenvalue weighted by Crippen LogP contribution is 2.28. The van der Waals surface area contributed by atoms with Crippen molar-refractivity contribution in [2.24, 2.45) is 5.92 Å². The second kappa shape index (κ2) is 13.6. The van der Waals surface area contributed by atoms with Crippen LogP contribution in [0.4, 0.5) is 0 Å². The van der Waals surface area contributed by atoms with Crippen molar-refractivity contribution in [3.63, 3.8) is 0 Å². The number of hydrogen-bond acceptors (Lipinski definition) is 3. The minimum Gasteiger partial charge on any atom is -0.354 e. The maximum Gasteiger partial charge on any atom is 0.243 e. The van der Waals surface area contributed by atoms with Gasteiger partial charge in [0.15, 0.2) is 0 Å². The van der Waals surface area contributed by atoms with Crippen molar-refractivity contribution in [2.45, 2.75) is 37.8 Å². The highest BCUT2D eigenvalue weighted by Gasteiger charge is 2.31. The van der Waals surface area contributed by atoms with E-state index < -0.39 is 6.04 Å². The number of halogens is 2. The van der Waals surface area contributed by atoms with Crippen LogP contribution >= 0.6 is 35.0 Å². The fraction of sp³-hybridized carbons (Fsp3) is 0.286. The van der Waals surface area contributed by atoms with Crippen LogP contribution in [0.1, 0.15) is 25.0 Å². The number of hydrogen-bond donors (Lipinski definition) is 1. The topological polar surface area (TPSA) is 49.4 Å². The molecule has 0 saturated carbocycles. The van der Waals surface area contributed by atoms with Crippen LogP contribution < -0.4 is 5.32 Å². The van der Waals surface area contributed by atoms with Crippen molar-refractivity contribution in [1.29, 1.82) is 0 Å². The molecule has 2 amide bonds. The van der Waals surface area contributed by atoms with Gasteiger partial charge in [0, 0.05) is 40.0 Å². The summed E-state index contributed by atoms with van der Waals surface area (Å²) in [4.78, 5) is 29.7. The number of carbonyl (C=O) groups excluding carboxylic acids is 2. The van der Waals surface area contributed by atoms with E-state index in [2.05, 4.69) is 5.32 Å². The predicted molar refractivity (Wildman–Crippen MR) is 146 cm³/mol. The molecule has 0 spiro atoms. The number of thioether (sulfide) groups is 1. The molecule has 0 unspecified atom stereocenters. The third kappa shape index (κ3) is 8.31. The molecular formula is C28H30Cl2N2O2S. The van der Waals surface area contributed by atoms with E-state index in [-0.39, 0.29) is 30.0 Å². The molecule has 0 heterocycles. The highest BCUT2D eigenvalue weighted by atomic mass is 35.5. The van der Waals surface area contributed by atoms with Gasteiger partial charge in [0.2, 0.25) is 11.8 Å². The van der Waals surface area contributed by atoms with Gasteiger partial charge in [-0.05, 0) is 35.7 Å². The van der Waals surface area contributed by atoms with E-state index in [1.165, 1.54) is 11.8 Å². The first-order valence-corrected chi connectivity index (χ1v) is 13.3. The SMILES string of the molecule is CC(C)CNC(=O)[C@H](Cc1ccccc1)N(Cc1c(Cl)cccc1Cl)C(=O)CSc1ccccc1. The zero-order valence-electron chi connectivity index (χ0n) is 19.9. The Kier molecular flexibility index (Phi) is 10.5. The average molecular weight is 530 g/mol. The van der Waals surface area contributed by atoms with E-state index in [0.717, 1.165) is 10.5 Å². The van der Waals surface area contributed by atoms with Gasteiger partial charge in [-0.1, -0.05) is 91.6 Å². The number of nitrogens with one attached hydrogen (secondary N) is 1. The number of rotatable bonds is 11. The predicted octanol–water partition coefficient (Wildman–Crippen LogP) is 6.50. The Labute approximate surface area is 222 Å². The zero-order chi connectivity index (χ0) is 25.2. The summed E-state index contributed by atoms with van der Waals surface area (Å²) in [6.07, 6.45) is 0.384. The molecule has 0 radical (unpaired) electrons. The Morgan fingerprint density at radius 1 is 0.886 bits per heavy atom. The van der Waals surface area contributed by atoms with Gasteiger partial charge < -0.3 is 10.2 Å². The van der Waals surface area contributed by atoms with E-state index in [1.54, 1.807) is 23.1 Å².